The maximum atomic E-state index is 13.7. The summed E-state index contributed by atoms with van der Waals surface area (Å²) in [4.78, 5) is 44.4. The summed E-state index contributed by atoms with van der Waals surface area (Å²) in [6.07, 6.45) is 0. The van der Waals surface area contributed by atoms with Gasteiger partial charge in [-0.05, 0) is 63.1 Å². The van der Waals surface area contributed by atoms with Crippen LogP contribution in [0.3, 0.4) is 0 Å². The summed E-state index contributed by atoms with van der Waals surface area (Å²) in [7, 11) is 0. The number of imide groups is 1. The molecule has 3 aromatic rings. The molecule has 1 aromatic heterocycles. The number of amides is 3. The van der Waals surface area contributed by atoms with Gasteiger partial charge in [0, 0.05) is 5.56 Å². The second kappa shape index (κ2) is 7.16. The Morgan fingerprint density at radius 3 is 2.19 bits per heavy atom. The highest BCUT2D eigenvalue weighted by Crippen LogP contribution is 2.53. The topological polar surface area (TPSA) is 57.7 Å². The molecular formula is C24H20N2O3S3. The highest BCUT2D eigenvalue weighted by Gasteiger charge is 2.45. The molecule has 8 heteroatoms. The smallest absolute Gasteiger partial charge is 0.262 e. The fourth-order valence-electron chi connectivity index (χ4n) is 4.47. The van der Waals surface area contributed by atoms with Gasteiger partial charge in [0.25, 0.3) is 11.8 Å². The van der Waals surface area contributed by atoms with Crippen LogP contribution in [0.5, 0.6) is 0 Å². The van der Waals surface area contributed by atoms with Crippen molar-refractivity contribution in [2.24, 2.45) is 0 Å². The Morgan fingerprint density at radius 2 is 1.56 bits per heavy atom. The molecule has 2 aliphatic rings. The Hall–Kier alpha value is -2.68. The van der Waals surface area contributed by atoms with Crippen molar-refractivity contribution in [1.82, 2.24) is 4.90 Å². The molecule has 2 aliphatic heterocycles. The quantitative estimate of drug-likeness (QED) is 0.349. The fourth-order valence-corrected chi connectivity index (χ4v) is 7.38. The monoisotopic (exact) mass is 480 g/mol. The normalized spacial score (nSPS) is 16.1. The maximum Gasteiger partial charge on any atom is 0.262 e. The lowest BCUT2D eigenvalue weighted by atomic mass is 9.88. The molecule has 0 unspecified atom stereocenters. The number of aryl methyl sites for hydroxylation is 2. The van der Waals surface area contributed by atoms with Gasteiger partial charge in [-0.2, -0.15) is 0 Å². The molecule has 0 atom stereocenters. The van der Waals surface area contributed by atoms with Crippen molar-refractivity contribution < 1.29 is 14.4 Å². The van der Waals surface area contributed by atoms with Crippen molar-refractivity contribution >= 4 is 58.3 Å². The van der Waals surface area contributed by atoms with Gasteiger partial charge in [-0.3, -0.25) is 24.2 Å². The molecule has 5 rings (SSSR count). The lowest BCUT2D eigenvalue weighted by Crippen LogP contribution is -2.52. The molecule has 0 aliphatic carbocycles. The Morgan fingerprint density at radius 1 is 0.969 bits per heavy atom. The van der Waals surface area contributed by atoms with Gasteiger partial charge in [0.1, 0.15) is 9.68 Å². The highest BCUT2D eigenvalue weighted by molar-refractivity contribution is 7.76. The molecule has 0 saturated heterocycles. The van der Waals surface area contributed by atoms with Crippen molar-refractivity contribution in [3.8, 4) is 10.4 Å². The van der Waals surface area contributed by atoms with E-state index in [0.29, 0.717) is 11.1 Å². The number of fused-ring (bicyclic) bond motifs is 4. The van der Waals surface area contributed by atoms with Crippen molar-refractivity contribution in [3.05, 3.63) is 66.7 Å². The van der Waals surface area contributed by atoms with E-state index in [4.69, 9.17) is 12.2 Å². The van der Waals surface area contributed by atoms with Gasteiger partial charge >= 0.3 is 0 Å². The summed E-state index contributed by atoms with van der Waals surface area (Å²) >= 11 is 8.58. The fraction of sp³-hybridized carbons (Fsp3) is 0.250. The minimum absolute atomic E-state index is 0.302. The van der Waals surface area contributed by atoms with Crippen molar-refractivity contribution in [3.63, 3.8) is 0 Å². The van der Waals surface area contributed by atoms with Crippen molar-refractivity contribution in [2.75, 3.05) is 11.4 Å². The molecule has 5 nitrogen and oxygen atoms in total. The van der Waals surface area contributed by atoms with E-state index in [9.17, 15) is 14.4 Å². The van der Waals surface area contributed by atoms with Gasteiger partial charge in [0.2, 0.25) is 5.91 Å². The van der Waals surface area contributed by atoms with Crippen LogP contribution in [0.15, 0.2) is 36.4 Å². The summed E-state index contributed by atoms with van der Waals surface area (Å²) in [5, 5.41) is 0. The number of hydrogen-bond acceptors (Lipinski definition) is 6. The molecule has 0 spiro atoms. The summed E-state index contributed by atoms with van der Waals surface area (Å²) in [5.41, 5.74) is 3.97. The van der Waals surface area contributed by atoms with Crippen LogP contribution in [-0.4, -0.2) is 29.2 Å². The van der Waals surface area contributed by atoms with Gasteiger partial charge in [0.15, 0.2) is 0 Å². The molecule has 2 aromatic carbocycles. The first kappa shape index (κ1) is 21.2. The zero-order valence-electron chi connectivity index (χ0n) is 18.0. The molecular weight excluding hydrogens is 460 g/mol. The second-order valence-corrected chi connectivity index (χ2v) is 11.8. The first-order valence-electron chi connectivity index (χ1n) is 10.2. The van der Waals surface area contributed by atoms with Crippen LogP contribution < -0.4 is 4.90 Å². The summed E-state index contributed by atoms with van der Waals surface area (Å²) in [5.74, 6) is -1.16. The van der Waals surface area contributed by atoms with E-state index in [1.807, 2.05) is 33.8 Å². The summed E-state index contributed by atoms with van der Waals surface area (Å²) in [6.45, 7) is 7.73. The van der Waals surface area contributed by atoms with E-state index < -0.39 is 17.4 Å². The van der Waals surface area contributed by atoms with Gasteiger partial charge < -0.3 is 0 Å². The largest absolute Gasteiger partial charge is 0.300 e. The average Bonchev–Trinajstić information content (AvgIpc) is 3.25. The predicted octanol–water partition coefficient (Wildman–Crippen LogP) is 5.70. The Labute approximate surface area is 198 Å². The van der Waals surface area contributed by atoms with E-state index in [-0.39, 0.29) is 12.5 Å². The van der Waals surface area contributed by atoms with Crippen LogP contribution in [0, 0.1) is 17.0 Å². The average molecular weight is 481 g/mol. The molecule has 0 saturated carbocycles. The van der Waals surface area contributed by atoms with Crippen LogP contribution >= 0.6 is 34.9 Å². The predicted molar refractivity (Wildman–Crippen MR) is 130 cm³/mol. The van der Waals surface area contributed by atoms with E-state index in [1.165, 1.54) is 11.3 Å². The zero-order valence-corrected chi connectivity index (χ0v) is 20.5. The second-order valence-electron chi connectivity index (χ2n) is 8.60. The number of hydrogen-bond donors (Lipinski definition) is 0. The SMILES string of the molecule is Cc1cc2c(cc1C)N(C(=O)CN1C(=O)c3ccccc3C1=O)C(C)(C)c1sc(=S)sc1-2. The molecule has 3 heterocycles. The van der Waals surface area contributed by atoms with Crippen LogP contribution in [0.1, 0.15) is 50.6 Å². The van der Waals surface area contributed by atoms with Crippen LogP contribution in [0.4, 0.5) is 5.69 Å². The molecule has 162 valence electrons. The lowest BCUT2D eigenvalue weighted by molar-refractivity contribution is -0.120. The van der Waals surface area contributed by atoms with E-state index in [0.717, 1.165) is 40.2 Å². The summed E-state index contributed by atoms with van der Waals surface area (Å²) < 4.78 is 0.807. The lowest BCUT2D eigenvalue weighted by Gasteiger charge is -2.43. The molecule has 0 radical (unpaired) electrons. The first-order valence-corrected chi connectivity index (χ1v) is 12.2. The molecule has 32 heavy (non-hydrogen) atoms. The number of benzene rings is 2. The first-order chi connectivity index (χ1) is 15.1. The Balaban J connectivity index is 1.60. The third-order valence-corrected chi connectivity index (χ3v) is 9.21. The minimum Gasteiger partial charge on any atom is -0.300 e. The van der Waals surface area contributed by atoms with Crippen molar-refractivity contribution in [1.29, 1.82) is 0 Å². The van der Waals surface area contributed by atoms with E-state index in [2.05, 4.69) is 6.07 Å². The third-order valence-electron chi connectivity index (χ3n) is 6.21. The highest BCUT2D eigenvalue weighted by atomic mass is 32.2. The maximum absolute atomic E-state index is 13.7. The third kappa shape index (κ3) is 2.93. The number of rotatable bonds is 2. The van der Waals surface area contributed by atoms with Gasteiger partial charge in [0.05, 0.1) is 32.1 Å². The number of anilines is 1. The minimum atomic E-state index is -0.669. The van der Waals surface area contributed by atoms with Crippen LogP contribution in [-0.2, 0) is 10.3 Å². The number of carbonyl (C=O) groups is 3. The van der Waals surface area contributed by atoms with E-state index in [1.54, 1.807) is 40.5 Å². The Bertz CT molecular complexity index is 1360. The Kier molecular flexibility index (Phi) is 4.74. The van der Waals surface area contributed by atoms with Gasteiger partial charge in [-0.15, -0.1) is 22.7 Å². The zero-order chi connectivity index (χ0) is 22.9. The molecule has 0 fully saturated rings. The molecule has 0 bridgehead atoms. The van der Waals surface area contributed by atoms with E-state index >= 15 is 0 Å². The van der Waals surface area contributed by atoms with Crippen LogP contribution in [0.25, 0.3) is 10.4 Å². The summed E-state index contributed by atoms with van der Waals surface area (Å²) in [6, 6.07) is 10.8. The van der Waals surface area contributed by atoms with Crippen molar-refractivity contribution in [2.45, 2.75) is 33.2 Å². The molecule has 0 N–H and O–H groups in total. The molecule has 3 amide bonds. The standard InChI is InChI=1S/C24H20N2O3S3/c1-12-9-16-17(10-13(12)2)26(24(3,4)20-19(16)31-23(30)32-20)18(27)11-25-21(28)14-7-5-6-8-15(14)22(25)29/h5-10H,11H2,1-4H3. The van der Waals surface area contributed by atoms with Crippen LogP contribution in [0.2, 0.25) is 0 Å². The number of nitrogens with zero attached hydrogens (tertiary/aromatic N) is 2. The van der Waals surface area contributed by atoms with Gasteiger partial charge in [-0.25, -0.2) is 0 Å². The number of carbonyl (C=O) groups excluding carboxylic acids is 3. The van der Waals surface area contributed by atoms with Gasteiger partial charge in [-0.1, -0.05) is 24.4 Å².